The summed E-state index contributed by atoms with van der Waals surface area (Å²) in [5.41, 5.74) is 2.87. The molecule has 0 unspecified atom stereocenters. The third-order valence-corrected chi connectivity index (χ3v) is 7.73. The number of rotatable bonds is 11. The molecule has 0 aliphatic rings. The van der Waals surface area contributed by atoms with Crippen molar-refractivity contribution in [3.8, 4) is 0 Å². The van der Waals surface area contributed by atoms with Gasteiger partial charge in [-0.3, -0.25) is 9.59 Å². The van der Waals surface area contributed by atoms with Crippen LogP contribution in [0.1, 0.15) is 50.3 Å². The zero-order chi connectivity index (χ0) is 25.5. The van der Waals surface area contributed by atoms with Crippen LogP contribution in [0.25, 0.3) is 0 Å². The summed E-state index contributed by atoms with van der Waals surface area (Å²) in [7, 11) is -2.47. The number of hydrogen-bond donors (Lipinski definition) is 1. The van der Waals surface area contributed by atoms with Gasteiger partial charge in [0, 0.05) is 19.6 Å². The highest BCUT2D eigenvalue weighted by Gasteiger charge is 2.32. The molecule has 0 aliphatic carbocycles. The van der Waals surface area contributed by atoms with E-state index in [-0.39, 0.29) is 29.9 Å². The van der Waals surface area contributed by atoms with Crippen LogP contribution in [-0.2, 0) is 26.2 Å². The summed E-state index contributed by atoms with van der Waals surface area (Å²) in [6, 6.07) is 13.5. The Balaban J connectivity index is 2.33. The number of carbonyl (C=O) groups excluding carboxylic acids is 2. The number of nitrogens with zero attached hydrogens (tertiary/aromatic N) is 2. The predicted octanol–water partition coefficient (Wildman–Crippen LogP) is 3.65. The summed E-state index contributed by atoms with van der Waals surface area (Å²) in [6.45, 7) is 9.43. The summed E-state index contributed by atoms with van der Waals surface area (Å²) in [4.78, 5) is 28.1. The summed E-state index contributed by atoms with van der Waals surface area (Å²) < 4.78 is 27.1. The van der Waals surface area contributed by atoms with Crippen molar-refractivity contribution < 1.29 is 18.0 Å². The van der Waals surface area contributed by atoms with Gasteiger partial charge in [0.25, 0.3) is 0 Å². The van der Waals surface area contributed by atoms with E-state index in [9.17, 15) is 18.0 Å². The van der Waals surface area contributed by atoms with Gasteiger partial charge < -0.3 is 10.2 Å². The quantitative estimate of drug-likeness (QED) is 0.524. The fraction of sp³-hybridized carbons (Fsp3) is 0.462. The Bertz CT molecular complexity index is 1080. The normalized spacial score (nSPS) is 13.4. The lowest BCUT2D eigenvalue weighted by Gasteiger charge is -2.32. The Labute approximate surface area is 204 Å². The van der Waals surface area contributed by atoms with Gasteiger partial charge in [0.15, 0.2) is 0 Å². The number of hydrogen-bond acceptors (Lipinski definition) is 4. The number of carbonyl (C=O) groups is 2. The number of benzene rings is 2. The maximum Gasteiger partial charge on any atom is 0.243 e. The van der Waals surface area contributed by atoms with Crippen molar-refractivity contribution in [1.82, 2.24) is 14.5 Å². The maximum atomic E-state index is 13.5. The van der Waals surface area contributed by atoms with Crippen molar-refractivity contribution in [2.24, 2.45) is 0 Å². The second kappa shape index (κ2) is 12.1. The van der Waals surface area contributed by atoms with Gasteiger partial charge in [0.05, 0.1) is 11.4 Å². The number of aryl methyl sites for hydroxylation is 2. The Kier molecular flexibility index (Phi) is 9.82. The molecule has 0 aromatic heterocycles. The minimum atomic E-state index is -3.85. The molecule has 0 aliphatic heterocycles. The van der Waals surface area contributed by atoms with Crippen LogP contribution >= 0.6 is 0 Å². The molecule has 34 heavy (non-hydrogen) atoms. The molecule has 0 fully saturated rings. The van der Waals surface area contributed by atoms with Crippen LogP contribution in [0.5, 0.6) is 0 Å². The monoisotopic (exact) mass is 487 g/mol. The van der Waals surface area contributed by atoms with Crippen molar-refractivity contribution in [1.29, 1.82) is 0 Å². The van der Waals surface area contributed by atoms with Crippen LogP contribution in [0.3, 0.4) is 0 Å². The molecule has 186 valence electrons. The molecule has 1 N–H and O–H groups in total. The topological polar surface area (TPSA) is 86.8 Å². The Hall–Kier alpha value is -2.71. The maximum absolute atomic E-state index is 13.5. The molecule has 8 heteroatoms. The van der Waals surface area contributed by atoms with Gasteiger partial charge in [-0.1, -0.05) is 61.4 Å². The molecule has 0 radical (unpaired) electrons. The van der Waals surface area contributed by atoms with Crippen molar-refractivity contribution in [3.63, 3.8) is 0 Å². The smallest absolute Gasteiger partial charge is 0.243 e. The van der Waals surface area contributed by atoms with Crippen molar-refractivity contribution in [2.45, 2.75) is 71.0 Å². The number of likely N-dealkylation sites (N-methyl/N-ethyl adjacent to an activating group) is 1. The second-order valence-corrected chi connectivity index (χ2v) is 10.9. The molecule has 0 saturated heterocycles. The van der Waals surface area contributed by atoms with Crippen molar-refractivity contribution in [3.05, 3.63) is 65.2 Å². The van der Waals surface area contributed by atoms with Gasteiger partial charge in [-0.15, -0.1) is 0 Å². The predicted molar refractivity (Wildman–Crippen MR) is 135 cm³/mol. The highest BCUT2D eigenvalue weighted by Crippen LogP contribution is 2.18. The van der Waals surface area contributed by atoms with Gasteiger partial charge in [0.2, 0.25) is 21.8 Å². The number of sulfonamides is 1. The van der Waals surface area contributed by atoms with Crippen LogP contribution in [0.2, 0.25) is 0 Å². The molecule has 2 amide bonds. The largest absolute Gasteiger partial charge is 0.352 e. The molecule has 2 aromatic carbocycles. The Morgan fingerprint density at radius 2 is 1.62 bits per heavy atom. The first kappa shape index (κ1) is 27.5. The highest BCUT2D eigenvalue weighted by molar-refractivity contribution is 7.89. The Morgan fingerprint density at radius 3 is 2.18 bits per heavy atom. The Morgan fingerprint density at radius 1 is 0.971 bits per heavy atom. The van der Waals surface area contributed by atoms with Crippen LogP contribution in [0, 0.1) is 13.8 Å². The highest BCUT2D eigenvalue weighted by atomic mass is 32.2. The van der Waals surface area contributed by atoms with Crippen molar-refractivity contribution in [2.75, 3.05) is 13.6 Å². The molecule has 2 rings (SSSR count). The lowest BCUT2D eigenvalue weighted by Crippen LogP contribution is -2.53. The lowest BCUT2D eigenvalue weighted by atomic mass is 10.1. The van der Waals surface area contributed by atoms with Crippen LogP contribution in [0.4, 0.5) is 0 Å². The molecule has 0 bridgehead atoms. The van der Waals surface area contributed by atoms with E-state index < -0.39 is 22.0 Å². The van der Waals surface area contributed by atoms with E-state index in [1.54, 1.807) is 12.1 Å². The number of nitrogens with one attached hydrogen (secondary N) is 1. The second-order valence-electron chi connectivity index (χ2n) is 8.83. The van der Waals surface area contributed by atoms with Gasteiger partial charge >= 0.3 is 0 Å². The zero-order valence-electron chi connectivity index (χ0n) is 21.0. The van der Waals surface area contributed by atoms with Crippen LogP contribution < -0.4 is 5.32 Å². The molecular weight excluding hydrogens is 450 g/mol. The summed E-state index contributed by atoms with van der Waals surface area (Å²) in [5, 5.41) is 2.96. The van der Waals surface area contributed by atoms with Gasteiger partial charge in [-0.25, -0.2) is 8.42 Å². The third-order valence-electron chi connectivity index (χ3n) is 5.91. The first-order valence-electron chi connectivity index (χ1n) is 11.7. The van der Waals surface area contributed by atoms with E-state index in [1.807, 2.05) is 58.9 Å². The molecule has 2 atom stereocenters. The fourth-order valence-corrected chi connectivity index (χ4v) is 4.74. The number of amides is 2. The molecule has 0 saturated carbocycles. The van der Waals surface area contributed by atoms with E-state index in [2.05, 4.69) is 5.32 Å². The molecule has 2 aromatic rings. The first-order chi connectivity index (χ1) is 16.0. The minimum absolute atomic E-state index is 0.0259. The van der Waals surface area contributed by atoms with Gasteiger partial charge in [-0.2, -0.15) is 4.31 Å². The average Bonchev–Trinajstić information content (AvgIpc) is 2.79. The van der Waals surface area contributed by atoms with Crippen molar-refractivity contribution >= 4 is 21.8 Å². The molecule has 0 spiro atoms. The van der Waals surface area contributed by atoms with E-state index >= 15 is 0 Å². The van der Waals surface area contributed by atoms with Gasteiger partial charge in [-0.05, 0) is 51.3 Å². The summed E-state index contributed by atoms with van der Waals surface area (Å²) in [6.07, 6.45) is 1.18. The molecule has 0 heterocycles. The molecule has 7 nitrogen and oxygen atoms in total. The third kappa shape index (κ3) is 7.14. The fourth-order valence-electron chi connectivity index (χ4n) is 3.62. The van der Waals surface area contributed by atoms with E-state index in [4.69, 9.17) is 0 Å². The van der Waals surface area contributed by atoms with Crippen LogP contribution in [0.15, 0.2) is 53.4 Å². The zero-order valence-corrected chi connectivity index (χ0v) is 21.9. The summed E-state index contributed by atoms with van der Waals surface area (Å²) in [5.74, 6) is -0.659. The standard InChI is InChI=1S/C26H37N3O4S/c1-7-21(5)27-26(31)24(8-2)29(17-22-11-9-10-20(4)16-22)25(30)18-28(6)34(32,33)23-14-12-19(3)13-15-23/h9-16,21,24H,7-8,17-18H2,1-6H3,(H,27,31)/t21-,24+/m1/s1. The SMILES string of the molecule is CC[C@@H](C)NC(=O)[C@H](CC)N(Cc1cccc(C)c1)C(=O)CN(C)S(=O)(=O)c1ccc(C)cc1. The van der Waals surface area contributed by atoms with E-state index in [0.717, 1.165) is 27.4 Å². The first-order valence-corrected chi connectivity index (χ1v) is 13.1. The van der Waals surface area contributed by atoms with E-state index in [0.29, 0.717) is 6.42 Å². The lowest BCUT2D eigenvalue weighted by molar-refractivity contribution is -0.141. The van der Waals surface area contributed by atoms with E-state index in [1.165, 1.54) is 24.1 Å². The van der Waals surface area contributed by atoms with Crippen LogP contribution in [-0.4, -0.2) is 55.1 Å². The summed E-state index contributed by atoms with van der Waals surface area (Å²) >= 11 is 0. The average molecular weight is 488 g/mol. The van der Waals surface area contributed by atoms with Gasteiger partial charge in [0.1, 0.15) is 6.04 Å². The minimum Gasteiger partial charge on any atom is -0.352 e. The molecular formula is C26H37N3O4S.